The zero-order valence-electron chi connectivity index (χ0n) is 12.8. The summed E-state index contributed by atoms with van der Waals surface area (Å²) in [7, 11) is 0. The maximum atomic E-state index is 9.01. The van der Waals surface area contributed by atoms with E-state index in [4.69, 9.17) is 5.26 Å². The number of hydrogen-bond acceptors (Lipinski definition) is 2. The van der Waals surface area contributed by atoms with Gasteiger partial charge in [0.15, 0.2) is 0 Å². The highest BCUT2D eigenvalue weighted by Gasteiger charge is 2.32. The molecule has 1 aliphatic carbocycles. The van der Waals surface area contributed by atoms with Gasteiger partial charge < -0.3 is 5.32 Å². The lowest BCUT2D eigenvalue weighted by atomic mass is 9.69. The Morgan fingerprint density at radius 3 is 2.11 bits per heavy atom. The van der Waals surface area contributed by atoms with Crippen molar-refractivity contribution in [3.8, 4) is 6.07 Å². The number of nitrogens with one attached hydrogen (secondary N) is 1. The molecule has 0 heterocycles. The van der Waals surface area contributed by atoms with Crippen molar-refractivity contribution < 1.29 is 0 Å². The van der Waals surface area contributed by atoms with Gasteiger partial charge in [-0.3, -0.25) is 0 Å². The van der Waals surface area contributed by atoms with Gasteiger partial charge in [-0.1, -0.05) is 27.2 Å². The smallest absolute Gasteiger partial charge is 0.0697 e. The lowest BCUT2D eigenvalue weighted by Crippen LogP contribution is -2.40. The summed E-state index contributed by atoms with van der Waals surface area (Å²) in [5.41, 5.74) is 0.260. The van der Waals surface area contributed by atoms with Gasteiger partial charge in [0.2, 0.25) is 0 Å². The normalized spacial score (nSPS) is 25.8. The number of rotatable bonds is 5. The molecule has 0 aromatic carbocycles. The third kappa shape index (κ3) is 4.28. The highest BCUT2D eigenvalue weighted by molar-refractivity contribution is 4.94. The van der Waals surface area contributed by atoms with Crippen LogP contribution in [0.4, 0.5) is 0 Å². The van der Waals surface area contributed by atoms with Crippen molar-refractivity contribution in [2.45, 2.75) is 72.8 Å². The first-order valence-corrected chi connectivity index (χ1v) is 7.45. The van der Waals surface area contributed by atoms with Crippen LogP contribution in [-0.2, 0) is 0 Å². The molecule has 0 saturated heterocycles. The summed E-state index contributed by atoms with van der Waals surface area (Å²) in [4.78, 5) is 0. The first kappa shape index (κ1) is 15.5. The van der Waals surface area contributed by atoms with Gasteiger partial charge in [-0.05, 0) is 50.9 Å². The molecule has 104 valence electrons. The van der Waals surface area contributed by atoms with Gasteiger partial charge in [0.05, 0.1) is 11.5 Å². The minimum absolute atomic E-state index is 0.237. The minimum Gasteiger partial charge on any atom is -0.312 e. The largest absolute Gasteiger partial charge is 0.312 e. The van der Waals surface area contributed by atoms with Crippen molar-refractivity contribution in [3.05, 3.63) is 0 Å². The van der Waals surface area contributed by atoms with Crippen LogP contribution in [0.2, 0.25) is 0 Å². The van der Waals surface area contributed by atoms with E-state index in [-0.39, 0.29) is 5.41 Å². The molecular formula is C16H30N2. The van der Waals surface area contributed by atoms with Crippen LogP contribution in [0.15, 0.2) is 0 Å². The highest BCUT2D eigenvalue weighted by atomic mass is 14.9. The van der Waals surface area contributed by atoms with E-state index in [0.717, 1.165) is 12.5 Å². The molecule has 0 atom stereocenters. The fourth-order valence-electron chi connectivity index (χ4n) is 2.81. The van der Waals surface area contributed by atoms with Crippen molar-refractivity contribution >= 4 is 0 Å². The molecule has 0 amide bonds. The van der Waals surface area contributed by atoms with E-state index in [2.05, 4.69) is 32.2 Å². The Morgan fingerprint density at radius 1 is 1.11 bits per heavy atom. The zero-order valence-corrected chi connectivity index (χ0v) is 12.8. The summed E-state index contributed by atoms with van der Waals surface area (Å²) < 4.78 is 0. The van der Waals surface area contributed by atoms with Gasteiger partial charge in [0.1, 0.15) is 0 Å². The summed E-state index contributed by atoms with van der Waals surface area (Å²) in [6, 6.07) is 2.99. The minimum atomic E-state index is -0.237. The molecule has 0 aromatic rings. The maximum absolute atomic E-state index is 9.01. The van der Waals surface area contributed by atoms with E-state index in [0.29, 0.717) is 11.5 Å². The second-order valence-electron chi connectivity index (χ2n) is 7.27. The molecule has 0 radical (unpaired) electrons. The quantitative estimate of drug-likeness (QED) is 0.796. The first-order valence-electron chi connectivity index (χ1n) is 7.45. The topological polar surface area (TPSA) is 35.8 Å². The predicted molar refractivity (Wildman–Crippen MR) is 77.2 cm³/mol. The van der Waals surface area contributed by atoms with Crippen molar-refractivity contribution in [1.82, 2.24) is 5.32 Å². The molecule has 1 aliphatic rings. The van der Waals surface area contributed by atoms with E-state index >= 15 is 0 Å². The molecular weight excluding hydrogens is 220 g/mol. The molecule has 1 fully saturated rings. The number of hydrogen-bond donors (Lipinski definition) is 1. The first-order chi connectivity index (χ1) is 8.30. The maximum Gasteiger partial charge on any atom is 0.0697 e. The van der Waals surface area contributed by atoms with Gasteiger partial charge in [0.25, 0.3) is 0 Å². The van der Waals surface area contributed by atoms with E-state index in [1.165, 1.54) is 32.1 Å². The molecule has 0 unspecified atom stereocenters. The Kier molecular flexibility index (Phi) is 5.22. The average Bonchev–Trinajstić information content (AvgIpc) is 2.37. The molecule has 0 aliphatic heterocycles. The van der Waals surface area contributed by atoms with Crippen molar-refractivity contribution in [3.63, 3.8) is 0 Å². The summed E-state index contributed by atoms with van der Waals surface area (Å²) in [5.74, 6) is 0.879. The summed E-state index contributed by atoms with van der Waals surface area (Å²) in [6.45, 7) is 11.9. The summed E-state index contributed by atoms with van der Waals surface area (Å²) >= 11 is 0. The van der Waals surface area contributed by atoms with Gasteiger partial charge in [0, 0.05) is 12.6 Å². The molecule has 1 N–H and O–H groups in total. The summed E-state index contributed by atoms with van der Waals surface area (Å²) in [5, 5.41) is 12.6. The van der Waals surface area contributed by atoms with Crippen LogP contribution in [0.5, 0.6) is 0 Å². The summed E-state index contributed by atoms with van der Waals surface area (Å²) in [6.07, 6.45) is 6.50. The Balaban J connectivity index is 2.35. The van der Waals surface area contributed by atoms with Crippen molar-refractivity contribution in [1.29, 1.82) is 5.26 Å². The molecule has 18 heavy (non-hydrogen) atoms. The van der Waals surface area contributed by atoms with Gasteiger partial charge in [-0.15, -0.1) is 0 Å². The average molecular weight is 250 g/mol. The SMILES string of the molecule is CCC(C)(C)C1CCC(NCC(C)(C)C#N)CC1. The fraction of sp³-hybridized carbons (Fsp3) is 0.938. The molecule has 0 bridgehead atoms. The Morgan fingerprint density at radius 2 is 1.67 bits per heavy atom. The Labute approximate surface area is 113 Å². The molecule has 0 aromatic heterocycles. The zero-order chi connectivity index (χ0) is 13.8. The monoisotopic (exact) mass is 250 g/mol. The molecule has 1 saturated carbocycles. The number of nitriles is 1. The standard InChI is InChI=1S/C16H30N2/c1-6-16(4,5)13-7-9-14(10-8-13)18-12-15(2,3)11-17/h13-14,18H,6-10,12H2,1-5H3. The Bertz CT molecular complexity index is 291. The van der Waals surface area contributed by atoms with Crippen molar-refractivity contribution in [2.75, 3.05) is 6.54 Å². The second kappa shape index (κ2) is 6.06. The second-order valence-corrected chi connectivity index (χ2v) is 7.27. The van der Waals surface area contributed by atoms with Gasteiger partial charge in [-0.2, -0.15) is 5.26 Å². The fourth-order valence-corrected chi connectivity index (χ4v) is 2.81. The van der Waals surface area contributed by atoms with Gasteiger partial charge in [-0.25, -0.2) is 0 Å². The van der Waals surface area contributed by atoms with Gasteiger partial charge >= 0.3 is 0 Å². The van der Waals surface area contributed by atoms with E-state index in [1.807, 2.05) is 13.8 Å². The molecule has 0 spiro atoms. The van der Waals surface area contributed by atoms with Crippen molar-refractivity contribution in [2.24, 2.45) is 16.7 Å². The van der Waals surface area contributed by atoms with Crippen LogP contribution in [0, 0.1) is 28.1 Å². The lowest BCUT2D eigenvalue weighted by molar-refractivity contribution is 0.135. The third-order valence-electron chi connectivity index (χ3n) is 4.88. The molecule has 2 heteroatoms. The molecule has 1 rings (SSSR count). The highest BCUT2D eigenvalue weighted by Crippen LogP contribution is 2.40. The van der Waals surface area contributed by atoms with E-state index in [1.54, 1.807) is 0 Å². The van der Waals surface area contributed by atoms with E-state index < -0.39 is 0 Å². The predicted octanol–water partition coefficient (Wildman–Crippen LogP) is 4.12. The van der Waals surface area contributed by atoms with Crippen LogP contribution < -0.4 is 5.32 Å². The van der Waals surface area contributed by atoms with Crippen LogP contribution in [0.25, 0.3) is 0 Å². The van der Waals surface area contributed by atoms with Crippen LogP contribution >= 0.6 is 0 Å². The van der Waals surface area contributed by atoms with Crippen LogP contribution in [0.3, 0.4) is 0 Å². The number of nitrogens with zero attached hydrogens (tertiary/aromatic N) is 1. The lowest BCUT2D eigenvalue weighted by Gasteiger charge is -2.39. The van der Waals surface area contributed by atoms with Crippen LogP contribution in [0.1, 0.15) is 66.7 Å². The van der Waals surface area contributed by atoms with Crippen LogP contribution in [-0.4, -0.2) is 12.6 Å². The van der Waals surface area contributed by atoms with E-state index in [9.17, 15) is 0 Å². The third-order valence-corrected chi connectivity index (χ3v) is 4.88. The Hall–Kier alpha value is -0.550. The molecule has 2 nitrogen and oxygen atoms in total.